The summed E-state index contributed by atoms with van der Waals surface area (Å²) in [4.78, 5) is 8.35. The molecule has 0 aliphatic heterocycles. The summed E-state index contributed by atoms with van der Waals surface area (Å²) < 4.78 is 66.7. The van der Waals surface area contributed by atoms with Crippen LogP contribution in [-0.4, -0.2) is 42.2 Å². The van der Waals surface area contributed by atoms with Crippen LogP contribution in [0.3, 0.4) is 0 Å². The molecule has 3 aromatic rings. The first-order valence-corrected chi connectivity index (χ1v) is 11.7. The number of aromatic nitrogens is 3. The van der Waals surface area contributed by atoms with Gasteiger partial charge in [-0.1, -0.05) is 0 Å². The minimum atomic E-state index is -4.72. The summed E-state index contributed by atoms with van der Waals surface area (Å²) in [5.41, 5.74) is 2.57. The Morgan fingerprint density at radius 3 is 2.48 bits per heavy atom. The van der Waals surface area contributed by atoms with Crippen molar-refractivity contribution >= 4 is 26.7 Å². The Hall–Kier alpha value is -3.17. The van der Waals surface area contributed by atoms with Crippen molar-refractivity contribution in [2.75, 3.05) is 12.4 Å². The van der Waals surface area contributed by atoms with Crippen LogP contribution in [0, 0.1) is 11.3 Å². The Labute approximate surface area is 188 Å². The van der Waals surface area contributed by atoms with Crippen molar-refractivity contribution in [3.8, 4) is 17.5 Å². The summed E-state index contributed by atoms with van der Waals surface area (Å²) in [5, 5.41) is 13.6. The molecule has 3 aromatic heterocycles. The number of rotatable bonds is 6. The number of pyridine rings is 2. The molecule has 4 rings (SSSR count). The third-order valence-corrected chi connectivity index (χ3v) is 7.32. The first-order chi connectivity index (χ1) is 15.6. The maximum absolute atomic E-state index is 12.8. The van der Waals surface area contributed by atoms with Gasteiger partial charge in [-0.15, -0.1) is 0 Å². The second-order valence-electron chi connectivity index (χ2n) is 7.90. The van der Waals surface area contributed by atoms with E-state index in [9.17, 15) is 26.9 Å². The zero-order valence-corrected chi connectivity index (χ0v) is 18.6. The minimum absolute atomic E-state index is 0.122. The maximum atomic E-state index is 12.8. The molecule has 2 N–H and O–H groups in total. The number of hydrogen-bond donors (Lipinski definition) is 2. The molecule has 0 amide bonds. The van der Waals surface area contributed by atoms with Gasteiger partial charge in [-0.3, -0.25) is 4.98 Å². The lowest BCUT2D eigenvalue weighted by Crippen LogP contribution is -2.42. The second-order valence-corrected chi connectivity index (χ2v) is 9.61. The topological polar surface area (TPSA) is 113 Å². The van der Waals surface area contributed by atoms with E-state index in [1.54, 1.807) is 18.0 Å². The van der Waals surface area contributed by atoms with E-state index in [2.05, 4.69) is 21.4 Å². The average Bonchev–Trinajstić information content (AvgIpc) is 3.04. The number of fused-ring (bicyclic) bond motifs is 1. The van der Waals surface area contributed by atoms with Gasteiger partial charge in [0.25, 0.3) is 0 Å². The largest absolute Gasteiger partial charge is 0.404 e. The van der Waals surface area contributed by atoms with Gasteiger partial charge in [-0.2, -0.15) is 23.2 Å². The van der Waals surface area contributed by atoms with Crippen LogP contribution in [0.2, 0.25) is 0 Å². The Kier molecular flexibility index (Phi) is 5.79. The standard InChI is InChI=1S/C21H21F3N6O2S/c1-12(21(22,23)24)29-33(31,32)15-6-7-18(27-11-15)19-17(9-25)16-8-13(26-2)10-28-20(16)30(19)14-4-3-5-14/h6-8,10-12,14,26,29H,3-5H2,1-2H3/t12-/m0/s1. The highest BCUT2D eigenvalue weighted by molar-refractivity contribution is 7.89. The molecule has 1 saturated carbocycles. The fourth-order valence-corrected chi connectivity index (χ4v) is 4.91. The minimum Gasteiger partial charge on any atom is -0.387 e. The van der Waals surface area contributed by atoms with E-state index >= 15 is 0 Å². The van der Waals surface area contributed by atoms with Gasteiger partial charge in [0.15, 0.2) is 0 Å². The lowest BCUT2D eigenvalue weighted by Gasteiger charge is -2.29. The summed E-state index contributed by atoms with van der Waals surface area (Å²) in [5.74, 6) is 0. The van der Waals surface area contributed by atoms with Crippen molar-refractivity contribution in [1.29, 1.82) is 5.26 Å². The van der Waals surface area contributed by atoms with E-state index in [4.69, 9.17) is 0 Å². The Balaban J connectivity index is 1.80. The van der Waals surface area contributed by atoms with E-state index in [1.807, 2.05) is 10.6 Å². The molecule has 1 aliphatic carbocycles. The van der Waals surface area contributed by atoms with Crippen LogP contribution in [0.5, 0.6) is 0 Å². The van der Waals surface area contributed by atoms with Gasteiger partial charge in [0.1, 0.15) is 22.7 Å². The molecule has 0 spiro atoms. The summed E-state index contributed by atoms with van der Waals surface area (Å²) in [6.45, 7) is 0.724. The smallest absolute Gasteiger partial charge is 0.387 e. The lowest BCUT2D eigenvalue weighted by molar-refractivity contribution is -0.147. The number of hydrogen-bond acceptors (Lipinski definition) is 6. The van der Waals surface area contributed by atoms with Crippen LogP contribution in [0.1, 0.15) is 37.8 Å². The van der Waals surface area contributed by atoms with Gasteiger partial charge in [0.05, 0.1) is 28.8 Å². The van der Waals surface area contributed by atoms with E-state index in [0.717, 1.165) is 38.1 Å². The number of nitrogens with one attached hydrogen (secondary N) is 2. The van der Waals surface area contributed by atoms with Crippen LogP contribution in [-0.2, 0) is 10.0 Å². The highest BCUT2D eigenvalue weighted by atomic mass is 32.2. The number of sulfonamides is 1. The molecule has 0 bridgehead atoms. The van der Waals surface area contributed by atoms with Gasteiger partial charge in [0.2, 0.25) is 10.0 Å². The molecule has 1 fully saturated rings. The SMILES string of the molecule is CNc1cnc2c(c1)c(C#N)c(-c1ccc(S(=O)(=O)N[C@@H](C)C(F)(F)F)cn1)n2C1CCC1. The first-order valence-electron chi connectivity index (χ1n) is 10.2. The number of halogens is 3. The molecule has 12 heteroatoms. The number of alkyl halides is 3. The maximum Gasteiger partial charge on any atom is 0.404 e. The highest BCUT2D eigenvalue weighted by Crippen LogP contribution is 2.42. The van der Waals surface area contributed by atoms with Gasteiger partial charge in [-0.05, 0) is 44.4 Å². The summed E-state index contributed by atoms with van der Waals surface area (Å²) in [6.07, 6.45) is 0.792. The molecule has 3 heterocycles. The van der Waals surface area contributed by atoms with Crippen LogP contribution in [0.25, 0.3) is 22.4 Å². The van der Waals surface area contributed by atoms with Gasteiger partial charge >= 0.3 is 6.18 Å². The molecule has 33 heavy (non-hydrogen) atoms. The summed E-state index contributed by atoms with van der Waals surface area (Å²) in [6, 6.07) is 4.49. The van der Waals surface area contributed by atoms with E-state index < -0.39 is 27.1 Å². The predicted molar refractivity (Wildman–Crippen MR) is 116 cm³/mol. The molecular formula is C21H21F3N6O2S. The first kappa shape index (κ1) is 23.0. The van der Waals surface area contributed by atoms with Crippen LogP contribution >= 0.6 is 0 Å². The van der Waals surface area contributed by atoms with Crippen molar-refractivity contribution < 1.29 is 21.6 Å². The third-order valence-electron chi connectivity index (χ3n) is 5.79. The molecule has 8 nitrogen and oxygen atoms in total. The molecule has 0 aromatic carbocycles. The molecule has 1 atom stereocenters. The quantitative estimate of drug-likeness (QED) is 0.555. The van der Waals surface area contributed by atoms with Gasteiger partial charge < -0.3 is 9.88 Å². The van der Waals surface area contributed by atoms with E-state index in [0.29, 0.717) is 28.0 Å². The summed E-state index contributed by atoms with van der Waals surface area (Å²) >= 11 is 0. The lowest BCUT2D eigenvalue weighted by atomic mass is 9.92. The number of nitriles is 1. The van der Waals surface area contributed by atoms with Crippen LogP contribution in [0.4, 0.5) is 18.9 Å². The van der Waals surface area contributed by atoms with Crippen molar-refractivity contribution in [3.63, 3.8) is 0 Å². The van der Waals surface area contributed by atoms with Crippen LogP contribution < -0.4 is 10.0 Å². The van der Waals surface area contributed by atoms with Crippen molar-refractivity contribution in [2.45, 2.75) is 49.3 Å². The molecule has 1 aliphatic rings. The Morgan fingerprint density at radius 2 is 1.97 bits per heavy atom. The second kappa shape index (κ2) is 8.31. The molecule has 0 saturated heterocycles. The zero-order valence-electron chi connectivity index (χ0n) is 17.8. The third kappa shape index (κ3) is 4.14. The fourth-order valence-electron chi connectivity index (χ4n) is 3.74. The number of nitrogens with zero attached hydrogens (tertiary/aromatic N) is 4. The summed E-state index contributed by atoms with van der Waals surface area (Å²) in [7, 11) is -2.69. The highest BCUT2D eigenvalue weighted by Gasteiger charge is 2.39. The van der Waals surface area contributed by atoms with Gasteiger partial charge in [-0.25, -0.2) is 13.4 Å². The van der Waals surface area contributed by atoms with Crippen molar-refractivity contribution in [3.05, 3.63) is 36.2 Å². The zero-order chi connectivity index (χ0) is 24.0. The molecule has 174 valence electrons. The molecular weight excluding hydrogens is 457 g/mol. The predicted octanol–water partition coefficient (Wildman–Crippen LogP) is 3.97. The van der Waals surface area contributed by atoms with Crippen molar-refractivity contribution in [2.24, 2.45) is 0 Å². The monoisotopic (exact) mass is 478 g/mol. The number of anilines is 1. The normalized spacial score (nSPS) is 15.8. The van der Waals surface area contributed by atoms with E-state index in [1.165, 1.54) is 12.1 Å². The van der Waals surface area contributed by atoms with Crippen LogP contribution in [0.15, 0.2) is 35.5 Å². The molecule has 0 unspecified atom stereocenters. The fraction of sp³-hybridized carbons (Fsp3) is 0.381. The van der Waals surface area contributed by atoms with E-state index in [-0.39, 0.29) is 6.04 Å². The van der Waals surface area contributed by atoms with Crippen molar-refractivity contribution in [1.82, 2.24) is 19.3 Å². The Morgan fingerprint density at radius 1 is 1.24 bits per heavy atom. The molecule has 0 radical (unpaired) electrons. The average molecular weight is 479 g/mol. The van der Waals surface area contributed by atoms with Gasteiger partial charge in [0, 0.05) is 24.7 Å². The Bertz CT molecular complexity index is 1340.